The molecule has 0 amide bonds. The van der Waals surface area contributed by atoms with Gasteiger partial charge in [0.2, 0.25) is 0 Å². The second-order valence-corrected chi connectivity index (χ2v) is 5.82. The van der Waals surface area contributed by atoms with Crippen LogP contribution in [0.2, 0.25) is 0 Å². The van der Waals surface area contributed by atoms with Gasteiger partial charge in [0.1, 0.15) is 0 Å². The maximum absolute atomic E-state index is 9.66. The van der Waals surface area contributed by atoms with Gasteiger partial charge in [-0.15, -0.1) is 11.3 Å². The second kappa shape index (κ2) is 6.35. The lowest BCUT2D eigenvalue weighted by molar-refractivity contribution is -0.0479. The Morgan fingerprint density at radius 2 is 2.25 bits per heavy atom. The number of hydrogen-bond acceptors (Lipinski definition) is 4. The zero-order chi connectivity index (χ0) is 12.0. The van der Waals surface area contributed by atoms with Crippen LogP contribution in [0.25, 0.3) is 0 Å². The first kappa shape index (κ1) is 13.6. The summed E-state index contributed by atoms with van der Waals surface area (Å²) in [6, 6.07) is 4.11. The van der Waals surface area contributed by atoms with E-state index in [1.165, 1.54) is 4.88 Å². The predicted molar refractivity (Wildman–Crippen MR) is 67.7 cm³/mol. The van der Waals surface area contributed by atoms with Gasteiger partial charge < -0.3 is 15.2 Å². The molecule has 4 heteroatoms. The SMILES string of the molecule is CC(C)(C)OCC(O)CNCc1cccs1. The van der Waals surface area contributed by atoms with Gasteiger partial charge in [-0.3, -0.25) is 0 Å². The Bertz CT molecular complexity index is 280. The summed E-state index contributed by atoms with van der Waals surface area (Å²) in [6.07, 6.45) is -0.445. The summed E-state index contributed by atoms with van der Waals surface area (Å²) in [4.78, 5) is 1.28. The van der Waals surface area contributed by atoms with Crippen molar-refractivity contribution in [3.63, 3.8) is 0 Å². The lowest BCUT2D eigenvalue weighted by Crippen LogP contribution is -2.33. The molecule has 0 aliphatic rings. The topological polar surface area (TPSA) is 41.5 Å². The Hall–Kier alpha value is -0.420. The second-order valence-electron chi connectivity index (χ2n) is 4.79. The molecule has 2 N–H and O–H groups in total. The van der Waals surface area contributed by atoms with E-state index in [1.54, 1.807) is 11.3 Å². The van der Waals surface area contributed by atoms with Gasteiger partial charge in [0.25, 0.3) is 0 Å². The van der Waals surface area contributed by atoms with E-state index in [0.29, 0.717) is 13.2 Å². The van der Waals surface area contributed by atoms with Crippen molar-refractivity contribution < 1.29 is 9.84 Å². The van der Waals surface area contributed by atoms with Crippen molar-refractivity contribution in [2.75, 3.05) is 13.2 Å². The van der Waals surface area contributed by atoms with Gasteiger partial charge >= 0.3 is 0 Å². The molecule has 0 saturated heterocycles. The first-order chi connectivity index (χ1) is 7.47. The van der Waals surface area contributed by atoms with Gasteiger partial charge in [-0.2, -0.15) is 0 Å². The molecule has 0 saturated carbocycles. The first-order valence-corrected chi connectivity index (χ1v) is 6.40. The summed E-state index contributed by atoms with van der Waals surface area (Å²) in [6.45, 7) is 7.70. The third-order valence-corrected chi connectivity index (χ3v) is 2.84. The fourth-order valence-corrected chi connectivity index (χ4v) is 1.85. The minimum Gasteiger partial charge on any atom is -0.389 e. The standard InChI is InChI=1S/C12H21NO2S/c1-12(2,3)15-9-10(14)7-13-8-11-5-4-6-16-11/h4-6,10,13-14H,7-9H2,1-3H3. The maximum atomic E-state index is 9.66. The molecule has 0 fully saturated rings. The van der Waals surface area contributed by atoms with Crippen molar-refractivity contribution in [2.24, 2.45) is 0 Å². The summed E-state index contributed by atoms with van der Waals surface area (Å²) < 4.78 is 5.49. The quantitative estimate of drug-likeness (QED) is 0.803. The molecule has 3 nitrogen and oxygen atoms in total. The summed E-state index contributed by atoms with van der Waals surface area (Å²) in [5.41, 5.74) is -0.186. The average Bonchev–Trinajstić information content (AvgIpc) is 2.66. The number of ether oxygens (including phenoxy) is 1. The predicted octanol–water partition coefficient (Wildman–Crippen LogP) is 2.01. The largest absolute Gasteiger partial charge is 0.389 e. The van der Waals surface area contributed by atoms with Crippen LogP contribution in [0.3, 0.4) is 0 Å². The van der Waals surface area contributed by atoms with E-state index in [4.69, 9.17) is 4.74 Å². The van der Waals surface area contributed by atoms with E-state index in [-0.39, 0.29) is 5.60 Å². The van der Waals surface area contributed by atoms with E-state index in [0.717, 1.165) is 6.54 Å². The van der Waals surface area contributed by atoms with Crippen molar-refractivity contribution in [3.8, 4) is 0 Å². The van der Waals surface area contributed by atoms with E-state index in [2.05, 4.69) is 16.8 Å². The number of nitrogens with one attached hydrogen (secondary N) is 1. The maximum Gasteiger partial charge on any atom is 0.0898 e. The molecule has 0 spiro atoms. The molecular weight excluding hydrogens is 222 g/mol. The van der Waals surface area contributed by atoms with Gasteiger partial charge in [0.05, 0.1) is 18.3 Å². The first-order valence-electron chi connectivity index (χ1n) is 5.52. The molecule has 0 aliphatic carbocycles. The molecular formula is C12H21NO2S. The van der Waals surface area contributed by atoms with Crippen molar-refractivity contribution in [1.29, 1.82) is 0 Å². The van der Waals surface area contributed by atoms with Crippen LogP contribution in [0.1, 0.15) is 25.6 Å². The van der Waals surface area contributed by atoms with Crippen molar-refractivity contribution in [1.82, 2.24) is 5.32 Å². The van der Waals surface area contributed by atoms with Crippen LogP contribution in [0.15, 0.2) is 17.5 Å². The van der Waals surface area contributed by atoms with Crippen molar-refractivity contribution >= 4 is 11.3 Å². The third-order valence-electron chi connectivity index (χ3n) is 1.97. The summed E-state index contributed by atoms with van der Waals surface area (Å²) in [5, 5.41) is 14.9. The summed E-state index contributed by atoms with van der Waals surface area (Å²) in [7, 11) is 0. The van der Waals surface area contributed by atoms with E-state index < -0.39 is 6.10 Å². The van der Waals surface area contributed by atoms with Crippen molar-refractivity contribution in [2.45, 2.75) is 39.0 Å². The van der Waals surface area contributed by atoms with Crippen LogP contribution < -0.4 is 5.32 Å². The lowest BCUT2D eigenvalue weighted by Gasteiger charge is -2.22. The Kier molecular flexibility index (Phi) is 5.41. The van der Waals surface area contributed by atoms with E-state index in [9.17, 15) is 5.11 Å². The molecule has 1 heterocycles. The lowest BCUT2D eigenvalue weighted by atomic mass is 10.2. The monoisotopic (exact) mass is 243 g/mol. The van der Waals surface area contributed by atoms with E-state index in [1.807, 2.05) is 26.8 Å². The number of aliphatic hydroxyl groups is 1. The van der Waals surface area contributed by atoms with Crippen LogP contribution >= 0.6 is 11.3 Å². The number of thiophene rings is 1. The Morgan fingerprint density at radius 1 is 1.50 bits per heavy atom. The number of aliphatic hydroxyl groups excluding tert-OH is 1. The van der Waals surface area contributed by atoms with Gasteiger partial charge in [-0.1, -0.05) is 6.07 Å². The van der Waals surface area contributed by atoms with Gasteiger partial charge in [-0.25, -0.2) is 0 Å². The van der Waals surface area contributed by atoms with E-state index >= 15 is 0 Å². The smallest absolute Gasteiger partial charge is 0.0898 e. The van der Waals surface area contributed by atoms with Gasteiger partial charge in [-0.05, 0) is 32.2 Å². The molecule has 1 aromatic heterocycles. The van der Waals surface area contributed by atoms with Crippen LogP contribution in [-0.4, -0.2) is 30.0 Å². The summed E-state index contributed by atoms with van der Waals surface area (Å²) >= 11 is 1.72. The van der Waals surface area contributed by atoms with Crippen LogP contribution in [-0.2, 0) is 11.3 Å². The Balaban J connectivity index is 2.09. The molecule has 92 valence electrons. The molecule has 1 aromatic rings. The molecule has 16 heavy (non-hydrogen) atoms. The third kappa shape index (κ3) is 6.23. The van der Waals surface area contributed by atoms with Crippen LogP contribution in [0.4, 0.5) is 0 Å². The molecule has 0 aliphatic heterocycles. The highest BCUT2D eigenvalue weighted by atomic mass is 32.1. The molecule has 1 unspecified atom stereocenters. The zero-order valence-corrected chi connectivity index (χ0v) is 11.0. The Labute approximate surface area is 101 Å². The van der Waals surface area contributed by atoms with Crippen LogP contribution in [0.5, 0.6) is 0 Å². The summed E-state index contributed by atoms with van der Waals surface area (Å²) in [5.74, 6) is 0. The molecule has 0 aromatic carbocycles. The highest BCUT2D eigenvalue weighted by molar-refractivity contribution is 7.09. The molecule has 1 atom stereocenters. The molecule has 0 bridgehead atoms. The Morgan fingerprint density at radius 3 is 2.81 bits per heavy atom. The highest BCUT2D eigenvalue weighted by Crippen LogP contribution is 2.08. The fraction of sp³-hybridized carbons (Fsp3) is 0.667. The molecule has 1 rings (SSSR count). The minimum atomic E-state index is -0.445. The zero-order valence-electron chi connectivity index (χ0n) is 10.2. The van der Waals surface area contributed by atoms with Crippen molar-refractivity contribution in [3.05, 3.63) is 22.4 Å². The normalized spacial score (nSPS) is 14.0. The van der Waals surface area contributed by atoms with Gasteiger partial charge in [0, 0.05) is 18.0 Å². The number of hydrogen-bond donors (Lipinski definition) is 2. The minimum absolute atomic E-state index is 0.186. The number of rotatable bonds is 6. The highest BCUT2D eigenvalue weighted by Gasteiger charge is 2.13. The fourth-order valence-electron chi connectivity index (χ4n) is 1.18. The average molecular weight is 243 g/mol. The van der Waals surface area contributed by atoms with Gasteiger partial charge in [0.15, 0.2) is 0 Å². The molecule has 0 radical (unpaired) electrons. The van der Waals surface area contributed by atoms with Crippen LogP contribution in [0, 0.1) is 0 Å².